The smallest absolute Gasteiger partial charge is 0.302 e. The van der Waals surface area contributed by atoms with Gasteiger partial charge in [-0.3, -0.25) is 4.79 Å². The molecule has 2 saturated heterocycles. The predicted molar refractivity (Wildman–Crippen MR) is 72.4 cm³/mol. The van der Waals surface area contributed by atoms with Crippen molar-refractivity contribution in [1.82, 2.24) is 0 Å². The van der Waals surface area contributed by atoms with Crippen LogP contribution in [0.15, 0.2) is 0 Å². The van der Waals surface area contributed by atoms with E-state index in [4.69, 9.17) is 9.47 Å². The van der Waals surface area contributed by atoms with Crippen LogP contribution in [-0.2, 0) is 14.3 Å². The van der Waals surface area contributed by atoms with Crippen LogP contribution in [0.1, 0.15) is 19.8 Å². The summed E-state index contributed by atoms with van der Waals surface area (Å²) < 4.78 is 11.4. The Bertz CT molecular complexity index is 254. The van der Waals surface area contributed by atoms with Gasteiger partial charge in [0.25, 0.3) is 0 Å². The maximum atomic E-state index is 10.9. The molecule has 0 aromatic carbocycles. The van der Waals surface area contributed by atoms with Crippen LogP contribution in [0.25, 0.3) is 0 Å². The minimum absolute atomic E-state index is 0.182. The molecule has 0 saturated carbocycles. The average Bonchev–Trinajstić information content (AvgIpc) is 2.80. The van der Waals surface area contributed by atoms with Crippen LogP contribution in [0.2, 0.25) is 0 Å². The minimum Gasteiger partial charge on any atom is -0.465 e. The van der Waals surface area contributed by atoms with Gasteiger partial charge in [-0.2, -0.15) is 0 Å². The number of carbonyl (C=O) groups excluding carboxylic acids is 1. The summed E-state index contributed by atoms with van der Waals surface area (Å²) in [7, 11) is 0. The van der Waals surface area contributed by atoms with Crippen molar-refractivity contribution in [3.8, 4) is 0 Å². The highest BCUT2D eigenvalue weighted by Crippen LogP contribution is 2.39. The van der Waals surface area contributed by atoms with E-state index in [0.717, 1.165) is 24.2 Å². The first-order valence-corrected chi connectivity index (χ1v) is 8.30. The SMILES string of the molecule is CC(=O)OC[C@H]1COCC[C@H]1CC1SCCS1. The first kappa shape index (κ1) is 13.6. The zero-order valence-corrected chi connectivity index (χ0v) is 11.9. The fourth-order valence-corrected chi connectivity index (χ4v) is 5.37. The van der Waals surface area contributed by atoms with Crippen LogP contribution in [0.3, 0.4) is 0 Å². The third kappa shape index (κ3) is 4.38. The van der Waals surface area contributed by atoms with Crippen LogP contribution in [0.5, 0.6) is 0 Å². The fourth-order valence-electron chi connectivity index (χ4n) is 2.35. The fraction of sp³-hybridized carbons (Fsp3) is 0.917. The van der Waals surface area contributed by atoms with Gasteiger partial charge in [0.05, 0.1) is 17.8 Å². The predicted octanol–water partition coefficient (Wildman–Crippen LogP) is 2.40. The molecular formula is C12H20O3S2. The molecule has 2 heterocycles. The van der Waals surface area contributed by atoms with Gasteiger partial charge in [-0.05, 0) is 18.8 Å². The molecule has 3 nitrogen and oxygen atoms in total. The molecule has 0 radical (unpaired) electrons. The molecule has 0 unspecified atom stereocenters. The van der Waals surface area contributed by atoms with Gasteiger partial charge in [0.1, 0.15) is 0 Å². The van der Waals surface area contributed by atoms with Gasteiger partial charge in [0, 0.05) is 31.0 Å². The highest BCUT2D eigenvalue weighted by molar-refractivity contribution is 8.20. The Kier molecular flexibility index (Phi) is 5.50. The Balaban J connectivity index is 1.80. The Morgan fingerprint density at radius 1 is 1.35 bits per heavy atom. The zero-order valence-electron chi connectivity index (χ0n) is 10.2. The Morgan fingerprint density at radius 3 is 2.82 bits per heavy atom. The molecular weight excluding hydrogens is 256 g/mol. The van der Waals surface area contributed by atoms with Crippen molar-refractivity contribution >= 4 is 29.5 Å². The van der Waals surface area contributed by atoms with Gasteiger partial charge in [-0.1, -0.05) is 0 Å². The molecule has 0 aliphatic carbocycles. The maximum absolute atomic E-state index is 10.9. The number of esters is 1. The van der Waals surface area contributed by atoms with Gasteiger partial charge in [0.2, 0.25) is 0 Å². The van der Waals surface area contributed by atoms with E-state index in [0.29, 0.717) is 18.4 Å². The summed E-state index contributed by atoms with van der Waals surface area (Å²) in [6, 6.07) is 0. The van der Waals surface area contributed by atoms with E-state index in [2.05, 4.69) is 23.5 Å². The van der Waals surface area contributed by atoms with Gasteiger partial charge in [0.15, 0.2) is 0 Å². The zero-order chi connectivity index (χ0) is 12.1. The van der Waals surface area contributed by atoms with Crippen LogP contribution in [0.4, 0.5) is 0 Å². The molecule has 2 fully saturated rings. The summed E-state index contributed by atoms with van der Waals surface area (Å²) in [5, 5.41) is 0. The van der Waals surface area contributed by atoms with Crippen molar-refractivity contribution < 1.29 is 14.3 Å². The highest BCUT2D eigenvalue weighted by atomic mass is 32.2. The minimum atomic E-state index is -0.182. The molecule has 17 heavy (non-hydrogen) atoms. The maximum Gasteiger partial charge on any atom is 0.302 e. The standard InChI is InChI=1S/C12H20O3S2/c1-9(13)15-8-11-7-14-3-2-10(11)6-12-16-4-5-17-12/h10-12H,2-8H2,1H3/t10-,11+/m0/s1. The normalized spacial score (nSPS) is 30.4. The lowest BCUT2D eigenvalue weighted by Gasteiger charge is -2.32. The quantitative estimate of drug-likeness (QED) is 0.737. The summed E-state index contributed by atoms with van der Waals surface area (Å²) in [5.74, 6) is 3.44. The van der Waals surface area contributed by atoms with Crippen molar-refractivity contribution in [2.24, 2.45) is 11.8 Å². The van der Waals surface area contributed by atoms with E-state index in [1.807, 2.05) is 0 Å². The van der Waals surface area contributed by atoms with Crippen LogP contribution in [-0.4, -0.2) is 41.9 Å². The molecule has 0 N–H and O–H groups in total. The lowest BCUT2D eigenvalue weighted by Crippen LogP contribution is -2.32. The topological polar surface area (TPSA) is 35.5 Å². The molecule has 5 heteroatoms. The Hall–Kier alpha value is 0.130. The number of thioether (sulfide) groups is 2. The molecule has 2 rings (SSSR count). The van der Waals surface area contributed by atoms with E-state index < -0.39 is 0 Å². The van der Waals surface area contributed by atoms with Crippen LogP contribution in [0, 0.1) is 11.8 Å². The van der Waals surface area contributed by atoms with Crippen molar-refractivity contribution in [3.63, 3.8) is 0 Å². The van der Waals surface area contributed by atoms with Crippen LogP contribution >= 0.6 is 23.5 Å². The summed E-state index contributed by atoms with van der Waals surface area (Å²) in [6.07, 6.45) is 2.36. The summed E-state index contributed by atoms with van der Waals surface area (Å²) >= 11 is 4.15. The molecule has 2 aliphatic heterocycles. The third-order valence-corrected chi connectivity index (χ3v) is 6.40. The second-order valence-corrected chi connectivity index (χ2v) is 7.51. The van der Waals surface area contributed by atoms with E-state index in [9.17, 15) is 4.79 Å². The van der Waals surface area contributed by atoms with Crippen molar-refractivity contribution in [3.05, 3.63) is 0 Å². The van der Waals surface area contributed by atoms with E-state index >= 15 is 0 Å². The summed E-state index contributed by atoms with van der Waals surface area (Å²) in [4.78, 5) is 10.9. The summed E-state index contributed by atoms with van der Waals surface area (Å²) in [5.41, 5.74) is 0. The molecule has 0 bridgehead atoms. The average molecular weight is 276 g/mol. The van der Waals surface area contributed by atoms with E-state index in [1.165, 1.54) is 24.9 Å². The summed E-state index contributed by atoms with van der Waals surface area (Å²) in [6.45, 7) is 3.62. The molecule has 0 amide bonds. The monoisotopic (exact) mass is 276 g/mol. The number of hydrogen-bond acceptors (Lipinski definition) is 5. The Labute approximate surface area is 111 Å². The van der Waals surface area contributed by atoms with Gasteiger partial charge >= 0.3 is 5.97 Å². The largest absolute Gasteiger partial charge is 0.465 e. The molecule has 98 valence electrons. The molecule has 2 aliphatic rings. The van der Waals surface area contributed by atoms with E-state index in [1.54, 1.807) is 0 Å². The third-order valence-electron chi connectivity index (χ3n) is 3.32. The first-order valence-electron chi connectivity index (χ1n) is 6.20. The lowest BCUT2D eigenvalue weighted by atomic mass is 9.87. The molecule has 0 aromatic rings. The second kappa shape index (κ2) is 6.90. The number of rotatable bonds is 4. The molecule has 0 aromatic heterocycles. The lowest BCUT2D eigenvalue weighted by molar-refractivity contribution is -0.144. The first-order chi connectivity index (χ1) is 8.25. The van der Waals surface area contributed by atoms with Crippen molar-refractivity contribution in [2.75, 3.05) is 31.3 Å². The van der Waals surface area contributed by atoms with Crippen molar-refractivity contribution in [2.45, 2.75) is 24.3 Å². The second-order valence-electron chi connectivity index (χ2n) is 4.59. The number of hydrogen-bond donors (Lipinski definition) is 0. The van der Waals surface area contributed by atoms with Gasteiger partial charge < -0.3 is 9.47 Å². The van der Waals surface area contributed by atoms with E-state index in [-0.39, 0.29) is 5.97 Å². The number of ether oxygens (including phenoxy) is 2. The van der Waals surface area contributed by atoms with Crippen LogP contribution < -0.4 is 0 Å². The molecule has 0 spiro atoms. The Morgan fingerprint density at radius 2 is 2.12 bits per heavy atom. The van der Waals surface area contributed by atoms with Crippen molar-refractivity contribution in [1.29, 1.82) is 0 Å². The molecule has 2 atom stereocenters. The number of carbonyl (C=O) groups is 1. The van der Waals surface area contributed by atoms with Gasteiger partial charge in [-0.25, -0.2) is 0 Å². The highest BCUT2D eigenvalue weighted by Gasteiger charge is 2.30. The van der Waals surface area contributed by atoms with Gasteiger partial charge in [-0.15, -0.1) is 23.5 Å².